The molecule has 1 amide bonds. The summed E-state index contributed by atoms with van der Waals surface area (Å²) in [6.45, 7) is 7.49. The Morgan fingerprint density at radius 3 is 2.25 bits per heavy atom. The zero-order chi connectivity index (χ0) is 17.1. The van der Waals surface area contributed by atoms with Gasteiger partial charge in [-0.3, -0.25) is 4.79 Å². The minimum atomic E-state index is 0.0956. The van der Waals surface area contributed by atoms with Crippen LogP contribution in [-0.2, 0) is 0 Å². The summed E-state index contributed by atoms with van der Waals surface area (Å²) >= 11 is 0. The minimum absolute atomic E-state index is 0.0956. The molecule has 1 aliphatic heterocycles. The van der Waals surface area contributed by atoms with Crippen LogP contribution in [0.1, 0.15) is 21.5 Å². The lowest BCUT2D eigenvalue weighted by atomic mass is 10.1. The molecule has 0 saturated carbocycles. The van der Waals surface area contributed by atoms with Crippen LogP contribution in [0.15, 0.2) is 42.5 Å². The van der Waals surface area contributed by atoms with Crippen molar-refractivity contribution in [2.45, 2.75) is 13.8 Å². The first-order valence-electron chi connectivity index (χ1n) is 8.34. The van der Waals surface area contributed by atoms with E-state index in [-0.39, 0.29) is 5.91 Å². The van der Waals surface area contributed by atoms with Gasteiger partial charge in [0, 0.05) is 37.4 Å². The number of hydrogen-bond donors (Lipinski definition) is 0. The quantitative estimate of drug-likeness (QED) is 0.869. The fraction of sp³-hybridized carbons (Fsp3) is 0.350. The topological polar surface area (TPSA) is 32.8 Å². The van der Waals surface area contributed by atoms with E-state index in [9.17, 15) is 4.79 Å². The molecule has 4 heteroatoms. The fourth-order valence-corrected chi connectivity index (χ4v) is 3.13. The molecule has 0 N–H and O–H groups in total. The van der Waals surface area contributed by atoms with Crippen molar-refractivity contribution in [2.24, 2.45) is 0 Å². The summed E-state index contributed by atoms with van der Waals surface area (Å²) in [7, 11) is 1.63. The van der Waals surface area contributed by atoms with E-state index in [0.717, 1.165) is 37.5 Å². The summed E-state index contributed by atoms with van der Waals surface area (Å²) in [4.78, 5) is 16.9. The average molecular weight is 324 g/mol. The number of anilines is 1. The molecule has 1 aliphatic rings. The van der Waals surface area contributed by atoms with Gasteiger partial charge in [-0.2, -0.15) is 0 Å². The number of methoxy groups -OCH3 is 1. The number of nitrogens with zero attached hydrogens (tertiary/aromatic N) is 2. The lowest BCUT2D eigenvalue weighted by Gasteiger charge is -2.37. The fourth-order valence-electron chi connectivity index (χ4n) is 3.13. The van der Waals surface area contributed by atoms with Gasteiger partial charge in [0.2, 0.25) is 0 Å². The van der Waals surface area contributed by atoms with E-state index in [4.69, 9.17) is 4.74 Å². The highest BCUT2D eigenvalue weighted by Crippen LogP contribution is 2.23. The van der Waals surface area contributed by atoms with Crippen LogP contribution >= 0.6 is 0 Å². The third-order valence-corrected chi connectivity index (χ3v) is 4.61. The SMILES string of the molecule is COc1ccc(C(=O)N2CCN(c3cc(C)ccc3C)CC2)cc1. The molecule has 0 radical (unpaired) electrons. The molecule has 0 spiro atoms. The van der Waals surface area contributed by atoms with E-state index in [1.165, 1.54) is 16.8 Å². The van der Waals surface area contributed by atoms with Gasteiger partial charge in [-0.25, -0.2) is 0 Å². The van der Waals surface area contributed by atoms with Crippen molar-refractivity contribution in [1.29, 1.82) is 0 Å². The summed E-state index contributed by atoms with van der Waals surface area (Å²) in [5.74, 6) is 0.865. The number of ether oxygens (including phenoxy) is 1. The highest BCUT2D eigenvalue weighted by molar-refractivity contribution is 5.94. The Morgan fingerprint density at radius 1 is 0.958 bits per heavy atom. The van der Waals surface area contributed by atoms with Crippen LogP contribution in [-0.4, -0.2) is 44.1 Å². The van der Waals surface area contributed by atoms with Gasteiger partial charge in [-0.05, 0) is 55.3 Å². The molecule has 0 aliphatic carbocycles. The molecule has 3 rings (SSSR count). The molecule has 0 atom stereocenters. The highest BCUT2D eigenvalue weighted by Gasteiger charge is 2.23. The Labute approximate surface area is 143 Å². The molecule has 0 aromatic heterocycles. The zero-order valence-electron chi connectivity index (χ0n) is 14.6. The minimum Gasteiger partial charge on any atom is -0.497 e. The smallest absolute Gasteiger partial charge is 0.253 e. The number of amides is 1. The number of hydrogen-bond acceptors (Lipinski definition) is 3. The molecule has 4 nitrogen and oxygen atoms in total. The van der Waals surface area contributed by atoms with Gasteiger partial charge in [-0.15, -0.1) is 0 Å². The van der Waals surface area contributed by atoms with Crippen LogP contribution in [0, 0.1) is 13.8 Å². The molecule has 0 bridgehead atoms. The lowest BCUT2D eigenvalue weighted by molar-refractivity contribution is 0.0746. The van der Waals surface area contributed by atoms with Gasteiger partial charge in [0.05, 0.1) is 7.11 Å². The number of carbonyl (C=O) groups is 1. The average Bonchev–Trinajstić information content (AvgIpc) is 2.63. The highest BCUT2D eigenvalue weighted by atomic mass is 16.5. The van der Waals surface area contributed by atoms with Crippen LogP contribution in [0.2, 0.25) is 0 Å². The van der Waals surface area contributed by atoms with E-state index in [0.29, 0.717) is 0 Å². The molecule has 1 fully saturated rings. The number of rotatable bonds is 3. The summed E-state index contributed by atoms with van der Waals surface area (Å²) in [5, 5.41) is 0. The molecular weight excluding hydrogens is 300 g/mol. The molecular formula is C20H24N2O2. The van der Waals surface area contributed by atoms with Crippen molar-refractivity contribution in [3.63, 3.8) is 0 Å². The van der Waals surface area contributed by atoms with Crippen molar-refractivity contribution in [3.8, 4) is 5.75 Å². The van der Waals surface area contributed by atoms with Gasteiger partial charge >= 0.3 is 0 Å². The Balaban J connectivity index is 1.65. The predicted molar refractivity (Wildman–Crippen MR) is 97.0 cm³/mol. The van der Waals surface area contributed by atoms with Gasteiger partial charge in [0.1, 0.15) is 5.75 Å². The Morgan fingerprint density at radius 2 is 1.62 bits per heavy atom. The molecule has 2 aromatic carbocycles. The standard InChI is InChI=1S/C20H24N2O2/c1-15-4-5-16(2)19(14-15)21-10-12-22(13-11-21)20(23)17-6-8-18(24-3)9-7-17/h4-9,14H,10-13H2,1-3H3. The monoisotopic (exact) mass is 324 g/mol. The molecule has 2 aromatic rings. The van der Waals surface area contributed by atoms with Crippen molar-refractivity contribution < 1.29 is 9.53 Å². The van der Waals surface area contributed by atoms with E-state index >= 15 is 0 Å². The Hall–Kier alpha value is -2.49. The van der Waals surface area contributed by atoms with Crippen molar-refractivity contribution in [1.82, 2.24) is 4.90 Å². The maximum absolute atomic E-state index is 12.6. The van der Waals surface area contributed by atoms with Gasteiger partial charge < -0.3 is 14.5 Å². The summed E-state index contributed by atoms with van der Waals surface area (Å²) in [6.07, 6.45) is 0. The van der Waals surface area contributed by atoms with Crippen LogP contribution in [0.3, 0.4) is 0 Å². The summed E-state index contributed by atoms with van der Waals surface area (Å²) in [5.41, 5.74) is 4.56. The van der Waals surface area contributed by atoms with Crippen molar-refractivity contribution >= 4 is 11.6 Å². The lowest BCUT2D eigenvalue weighted by Crippen LogP contribution is -2.49. The molecule has 0 unspecified atom stereocenters. The summed E-state index contributed by atoms with van der Waals surface area (Å²) < 4.78 is 5.15. The van der Waals surface area contributed by atoms with Gasteiger partial charge in [-0.1, -0.05) is 12.1 Å². The molecule has 1 saturated heterocycles. The zero-order valence-corrected chi connectivity index (χ0v) is 14.6. The first kappa shape index (κ1) is 16.4. The van der Waals surface area contributed by atoms with E-state index in [1.807, 2.05) is 29.2 Å². The van der Waals surface area contributed by atoms with Crippen molar-refractivity contribution in [3.05, 3.63) is 59.2 Å². The predicted octanol–water partition coefficient (Wildman–Crippen LogP) is 3.27. The third-order valence-electron chi connectivity index (χ3n) is 4.61. The first-order chi connectivity index (χ1) is 11.6. The first-order valence-corrected chi connectivity index (χ1v) is 8.34. The van der Waals surface area contributed by atoms with Gasteiger partial charge in [0.15, 0.2) is 0 Å². The third kappa shape index (κ3) is 3.37. The maximum atomic E-state index is 12.6. The largest absolute Gasteiger partial charge is 0.497 e. The van der Waals surface area contributed by atoms with Gasteiger partial charge in [0.25, 0.3) is 5.91 Å². The number of benzene rings is 2. The van der Waals surface area contributed by atoms with Crippen LogP contribution in [0.25, 0.3) is 0 Å². The van der Waals surface area contributed by atoms with E-state index in [1.54, 1.807) is 7.11 Å². The Kier molecular flexibility index (Phi) is 4.74. The molecule has 24 heavy (non-hydrogen) atoms. The van der Waals surface area contributed by atoms with Crippen LogP contribution in [0.4, 0.5) is 5.69 Å². The van der Waals surface area contributed by atoms with Crippen LogP contribution < -0.4 is 9.64 Å². The van der Waals surface area contributed by atoms with Crippen LogP contribution in [0.5, 0.6) is 5.75 Å². The van der Waals surface area contributed by atoms with E-state index in [2.05, 4.69) is 36.9 Å². The molecule has 126 valence electrons. The second-order valence-electron chi connectivity index (χ2n) is 6.30. The van der Waals surface area contributed by atoms with Crippen molar-refractivity contribution in [2.75, 3.05) is 38.2 Å². The normalized spacial score (nSPS) is 14.6. The number of piperazine rings is 1. The molecule has 1 heterocycles. The Bertz CT molecular complexity index is 717. The second kappa shape index (κ2) is 6.95. The van der Waals surface area contributed by atoms with E-state index < -0.39 is 0 Å². The maximum Gasteiger partial charge on any atom is 0.253 e. The summed E-state index contributed by atoms with van der Waals surface area (Å²) in [6, 6.07) is 13.9. The second-order valence-corrected chi connectivity index (χ2v) is 6.30. The number of aryl methyl sites for hydroxylation is 2. The number of carbonyl (C=O) groups excluding carboxylic acids is 1.